The molecule has 0 aliphatic heterocycles. The van der Waals surface area contributed by atoms with Crippen LogP contribution in [0.25, 0.3) is 0 Å². The van der Waals surface area contributed by atoms with Gasteiger partial charge in [-0.1, -0.05) is 0 Å². The molecule has 0 unspecified atom stereocenters. The topological polar surface area (TPSA) is 99.5 Å². The van der Waals surface area contributed by atoms with Crippen LogP contribution in [0.15, 0.2) is 40.0 Å². The van der Waals surface area contributed by atoms with Gasteiger partial charge in [0.25, 0.3) is 5.56 Å². The van der Waals surface area contributed by atoms with Gasteiger partial charge in [0.15, 0.2) is 0 Å². The van der Waals surface area contributed by atoms with Gasteiger partial charge in [0.2, 0.25) is 10.0 Å². The Kier molecular flexibility index (Phi) is 6.76. The highest BCUT2D eigenvalue weighted by Gasteiger charge is 2.20. The van der Waals surface area contributed by atoms with Crippen molar-refractivity contribution in [3.63, 3.8) is 0 Å². The van der Waals surface area contributed by atoms with Crippen LogP contribution in [0.1, 0.15) is 19.5 Å². The summed E-state index contributed by atoms with van der Waals surface area (Å²) >= 11 is 0. The minimum atomic E-state index is -3.81. The molecule has 0 fully saturated rings. The molecule has 1 aromatic heterocycles. The maximum Gasteiger partial charge on any atom is 0.266 e. The van der Waals surface area contributed by atoms with E-state index in [1.54, 1.807) is 32.0 Å². The number of nitrogens with zero attached hydrogens (tertiary/aromatic N) is 2. The quantitative estimate of drug-likeness (QED) is 0.703. The number of benzene rings is 1. The zero-order chi connectivity index (χ0) is 19.2. The van der Waals surface area contributed by atoms with Crippen molar-refractivity contribution in [3.8, 4) is 11.5 Å². The Bertz CT molecular complexity index is 909. The van der Waals surface area contributed by atoms with Crippen molar-refractivity contribution in [1.29, 1.82) is 0 Å². The lowest BCUT2D eigenvalue weighted by Crippen LogP contribution is -2.32. The van der Waals surface area contributed by atoms with E-state index in [4.69, 9.17) is 9.47 Å². The van der Waals surface area contributed by atoms with Gasteiger partial charge in [-0.2, -0.15) is 5.10 Å². The molecule has 2 rings (SSSR count). The maximum absolute atomic E-state index is 12.6. The summed E-state index contributed by atoms with van der Waals surface area (Å²) in [7, 11) is -3.81. The highest BCUT2D eigenvalue weighted by atomic mass is 32.2. The second kappa shape index (κ2) is 8.81. The van der Waals surface area contributed by atoms with Gasteiger partial charge >= 0.3 is 0 Å². The van der Waals surface area contributed by atoms with Gasteiger partial charge in [-0.3, -0.25) is 4.79 Å². The largest absolute Gasteiger partial charge is 0.494 e. The summed E-state index contributed by atoms with van der Waals surface area (Å²) in [5.41, 5.74) is 0.392. The monoisotopic (exact) mass is 381 g/mol. The molecule has 0 spiro atoms. The normalized spacial score (nSPS) is 11.3. The Hall–Kier alpha value is -2.39. The van der Waals surface area contributed by atoms with Gasteiger partial charge in [-0.15, -0.1) is 0 Å². The van der Waals surface area contributed by atoms with Crippen molar-refractivity contribution < 1.29 is 17.9 Å². The SMILES string of the molecule is CCOc1ccc(S(=O)(=O)NCCn2nc(C)ccc2=O)c(OCC)c1. The van der Waals surface area contributed by atoms with E-state index < -0.39 is 10.0 Å². The minimum Gasteiger partial charge on any atom is -0.494 e. The number of aryl methyl sites for hydroxylation is 1. The molecule has 0 atom stereocenters. The first kappa shape index (κ1) is 19.9. The highest BCUT2D eigenvalue weighted by Crippen LogP contribution is 2.28. The summed E-state index contributed by atoms with van der Waals surface area (Å²) in [5.74, 6) is 0.752. The fourth-order valence-electron chi connectivity index (χ4n) is 2.31. The Morgan fingerprint density at radius 2 is 1.85 bits per heavy atom. The highest BCUT2D eigenvalue weighted by molar-refractivity contribution is 7.89. The average molecular weight is 381 g/mol. The van der Waals surface area contributed by atoms with Crippen LogP contribution in [0, 0.1) is 6.92 Å². The molecule has 0 saturated carbocycles. The summed E-state index contributed by atoms with van der Waals surface area (Å²) in [6, 6.07) is 7.57. The zero-order valence-corrected chi connectivity index (χ0v) is 15.9. The molecule has 26 heavy (non-hydrogen) atoms. The maximum atomic E-state index is 12.6. The zero-order valence-electron chi connectivity index (χ0n) is 15.1. The number of ether oxygens (including phenoxy) is 2. The third-order valence-electron chi connectivity index (χ3n) is 3.43. The second-order valence-electron chi connectivity index (χ2n) is 5.41. The van der Waals surface area contributed by atoms with Crippen molar-refractivity contribution in [1.82, 2.24) is 14.5 Å². The molecule has 2 aromatic rings. The van der Waals surface area contributed by atoms with Gasteiger partial charge in [-0.25, -0.2) is 17.8 Å². The molecular weight excluding hydrogens is 358 g/mol. The van der Waals surface area contributed by atoms with Crippen molar-refractivity contribution >= 4 is 10.0 Å². The summed E-state index contributed by atoms with van der Waals surface area (Å²) in [5, 5.41) is 4.07. The number of hydrogen-bond acceptors (Lipinski definition) is 6. The van der Waals surface area contributed by atoms with Gasteiger partial charge in [0.1, 0.15) is 16.4 Å². The van der Waals surface area contributed by atoms with Crippen molar-refractivity contribution in [3.05, 3.63) is 46.4 Å². The first-order valence-corrected chi connectivity index (χ1v) is 9.79. The van der Waals surface area contributed by atoms with Crippen LogP contribution in [0.2, 0.25) is 0 Å². The van der Waals surface area contributed by atoms with Crippen LogP contribution in [0.4, 0.5) is 0 Å². The van der Waals surface area contributed by atoms with Crippen molar-refractivity contribution in [2.45, 2.75) is 32.2 Å². The Labute approximate surface area is 152 Å². The molecule has 0 radical (unpaired) electrons. The lowest BCUT2D eigenvalue weighted by atomic mass is 10.3. The number of rotatable bonds is 9. The fraction of sp³-hybridized carbons (Fsp3) is 0.412. The smallest absolute Gasteiger partial charge is 0.266 e. The molecule has 8 nitrogen and oxygen atoms in total. The molecule has 0 bridgehead atoms. The molecule has 0 amide bonds. The van der Waals surface area contributed by atoms with Crippen molar-refractivity contribution in [2.24, 2.45) is 0 Å². The van der Waals surface area contributed by atoms with E-state index in [1.807, 2.05) is 6.92 Å². The summed E-state index contributed by atoms with van der Waals surface area (Å²) < 4.78 is 39.7. The first-order chi connectivity index (χ1) is 12.4. The lowest BCUT2D eigenvalue weighted by molar-refractivity contribution is 0.317. The van der Waals surface area contributed by atoms with E-state index in [0.29, 0.717) is 24.7 Å². The predicted octanol–water partition coefficient (Wildman–Crippen LogP) is 1.33. The van der Waals surface area contributed by atoms with Crippen LogP contribution >= 0.6 is 0 Å². The standard InChI is InChI=1S/C17H23N3O5S/c1-4-24-14-7-8-16(15(12-14)25-5-2)26(22,23)18-10-11-20-17(21)9-6-13(3)19-20/h6-9,12,18H,4-5,10-11H2,1-3H3. The van der Waals surface area contributed by atoms with Crippen molar-refractivity contribution in [2.75, 3.05) is 19.8 Å². The molecule has 1 aromatic carbocycles. The number of nitrogens with one attached hydrogen (secondary N) is 1. The van der Waals surface area contributed by atoms with Gasteiger partial charge < -0.3 is 9.47 Å². The van der Waals surface area contributed by atoms with Crippen LogP contribution < -0.4 is 19.8 Å². The second-order valence-corrected chi connectivity index (χ2v) is 7.14. The summed E-state index contributed by atoms with van der Waals surface area (Å²) in [6.45, 7) is 6.31. The van der Waals surface area contributed by atoms with E-state index >= 15 is 0 Å². The van der Waals surface area contributed by atoms with E-state index in [0.717, 1.165) is 0 Å². The van der Waals surface area contributed by atoms with Gasteiger partial charge in [-0.05, 0) is 39.0 Å². The molecule has 0 aliphatic rings. The molecule has 142 valence electrons. The Morgan fingerprint density at radius 1 is 1.12 bits per heavy atom. The molecule has 1 N–H and O–H groups in total. The third kappa shape index (κ3) is 5.06. The molecule has 9 heteroatoms. The lowest BCUT2D eigenvalue weighted by Gasteiger charge is -2.14. The molecule has 1 heterocycles. The first-order valence-electron chi connectivity index (χ1n) is 8.31. The molecule has 0 saturated heterocycles. The summed E-state index contributed by atoms with van der Waals surface area (Å²) in [4.78, 5) is 11.7. The number of hydrogen-bond donors (Lipinski definition) is 1. The minimum absolute atomic E-state index is 0.0207. The van der Waals surface area contributed by atoms with E-state index in [-0.39, 0.29) is 29.3 Å². The fourth-order valence-corrected chi connectivity index (χ4v) is 3.46. The average Bonchev–Trinajstić information content (AvgIpc) is 2.58. The van der Waals surface area contributed by atoms with Crippen LogP contribution in [0.5, 0.6) is 11.5 Å². The van der Waals surface area contributed by atoms with Gasteiger partial charge in [0.05, 0.1) is 25.5 Å². The van der Waals surface area contributed by atoms with Gasteiger partial charge in [0, 0.05) is 18.7 Å². The Morgan fingerprint density at radius 3 is 2.54 bits per heavy atom. The van der Waals surface area contributed by atoms with Crippen LogP contribution in [0.3, 0.4) is 0 Å². The number of sulfonamides is 1. The number of aromatic nitrogens is 2. The predicted molar refractivity (Wildman–Crippen MR) is 97.2 cm³/mol. The third-order valence-corrected chi connectivity index (χ3v) is 4.93. The van der Waals surface area contributed by atoms with E-state index in [9.17, 15) is 13.2 Å². The van der Waals surface area contributed by atoms with Crippen LogP contribution in [-0.2, 0) is 16.6 Å². The Balaban J connectivity index is 2.16. The molecule has 0 aliphatic carbocycles. The molecular formula is C17H23N3O5S. The van der Waals surface area contributed by atoms with Crippen LogP contribution in [-0.4, -0.2) is 38.0 Å². The van der Waals surface area contributed by atoms with E-state index in [2.05, 4.69) is 9.82 Å². The summed E-state index contributed by atoms with van der Waals surface area (Å²) in [6.07, 6.45) is 0. The van der Waals surface area contributed by atoms with E-state index in [1.165, 1.54) is 16.8 Å².